The van der Waals surface area contributed by atoms with E-state index in [9.17, 15) is 14.3 Å². The van der Waals surface area contributed by atoms with E-state index < -0.39 is 13.9 Å². The molecule has 0 saturated heterocycles. The Bertz CT molecular complexity index is 1080. The van der Waals surface area contributed by atoms with E-state index in [0.717, 1.165) is 51.4 Å². The van der Waals surface area contributed by atoms with Gasteiger partial charge in [0.1, 0.15) is 6.10 Å². The Hall–Kier alpha value is -1.54. The molecule has 0 amide bonds. The molecular weight excluding hydrogens is 782 g/mol. The van der Waals surface area contributed by atoms with Crippen LogP contribution in [0.3, 0.4) is 0 Å². The number of allylic oxidation sites excluding steroid dienone is 8. The van der Waals surface area contributed by atoms with Gasteiger partial charge >= 0.3 is 13.8 Å². The van der Waals surface area contributed by atoms with Crippen molar-refractivity contribution >= 4 is 13.8 Å². The number of hydrogen-bond acceptors (Lipinski definition) is 7. The molecule has 3 N–H and O–H groups in total. The smallest absolute Gasteiger partial charge is 0.457 e. The van der Waals surface area contributed by atoms with E-state index in [0.29, 0.717) is 13.0 Å². The van der Waals surface area contributed by atoms with Gasteiger partial charge in [-0.3, -0.25) is 13.8 Å². The van der Waals surface area contributed by atoms with Gasteiger partial charge in [-0.2, -0.15) is 0 Å². The third-order valence-electron chi connectivity index (χ3n) is 11.0. The molecule has 9 heteroatoms. The molecular formula is C52H98NO7P. The predicted molar refractivity (Wildman–Crippen MR) is 261 cm³/mol. The number of phosphoric acid groups is 1. The zero-order valence-corrected chi connectivity index (χ0v) is 40.8. The maximum absolute atomic E-state index is 12.6. The topological polar surface area (TPSA) is 117 Å². The molecule has 0 aromatic carbocycles. The maximum atomic E-state index is 12.6. The third kappa shape index (κ3) is 49.3. The number of ether oxygens (including phenoxy) is 2. The molecule has 0 spiro atoms. The van der Waals surface area contributed by atoms with Crippen molar-refractivity contribution in [3.8, 4) is 0 Å². The molecule has 0 heterocycles. The van der Waals surface area contributed by atoms with Crippen molar-refractivity contribution in [2.45, 2.75) is 245 Å². The quantitative estimate of drug-likeness (QED) is 0.0269. The highest BCUT2D eigenvalue weighted by Crippen LogP contribution is 2.43. The number of carbonyl (C=O) groups excluding carboxylic acids is 1. The van der Waals surface area contributed by atoms with E-state index in [1.165, 1.54) is 167 Å². The highest BCUT2D eigenvalue weighted by atomic mass is 31.2. The molecule has 358 valence electrons. The van der Waals surface area contributed by atoms with Gasteiger partial charge in [0.25, 0.3) is 0 Å². The second kappa shape index (κ2) is 49.5. The number of nitrogens with two attached hydrogens (primary N) is 1. The summed E-state index contributed by atoms with van der Waals surface area (Å²) in [6.07, 6.45) is 60.0. The first-order chi connectivity index (χ1) is 29.9. The van der Waals surface area contributed by atoms with Crippen LogP contribution in [0.25, 0.3) is 0 Å². The molecule has 61 heavy (non-hydrogen) atoms. The largest absolute Gasteiger partial charge is 0.472 e. The summed E-state index contributed by atoms with van der Waals surface area (Å²) < 4.78 is 33.6. The Morgan fingerprint density at radius 3 is 1.30 bits per heavy atom. The molecule has 8 nitrogen and oxygen atoms in total. The van der Waals surface area contributed by atoms with E-state index in [1.54, 1.807) is 0 Å². The number of carbonyl (C=O) groups is 1. The van der Waals surface area contributed by atoms with Gasteiger partial charge in [0, 0.05) is 19.6 Å². The number of unbranched alkanes of at least 4 members (excludes halogenated alkanes) is 28. The molecule has 2 unspecified atom stereocenters. The fourth-order valence-corrected chi connectivity index (χ4v) is 7.94. The van der Waals surface area contributed by atoms with Crippen LogP contribution in [0.1, 0.15) is 239 Å². The van der Waals surface area contributed by atoms with Gasteiger partial charge in [0.05, 0.1) is 19.8 Å². The van der Waals surface area contributed by atoms with Crippen molar-refractivity contribution in [3.05, 3.63) is 48.6 Å². The average molecular weight is 880 g/mol. The van der Waals surface area contributed by atoms with Crippen molar-refractivity contribution in [3.63, 3.8) is 0 Å². The fourth-order valence-electron chi connectivity index (χ4n) is 7.18. The van der Waals surface area contributed by atoms with E-state index in [2.05, 4.69) is 62.5 Å². The van der Waals surface area contributed by atoms with Crippen LogP contribution < -0.4 is 5.73 Å². The number of esters is 1. The van der Waals surface area contributed by atoms with Crippen LogP contribution in [0.2, 0.25) is 0 Å². The summed E-state index contributed by atoms with van der Waals surface area (Å²) in [7, 11) is -4.29. The van der Waals surface area contributed by atoms with Gasteiger partial charge in [0.15, 0.2) is 0 Å². The SMILES string of the molecule is CCCCCC/C=C\C/C=C\CCCCCCCCCC(=O)OC(COCCCCCCCCCCCCCC/C=C\C/C=C\CCCCCCC)COP(=O)(O)OCCN. The first-order valence-corrected chi connectivity index (χ1v) is 27.1. The van der Waals surface area contributed by atoms with Crippen molar-refractivity contribution in [2.24, 2.45) is 5.73 Å². The van der Waals surface area contributed by atoms with Gasteiger partial charge in [-0.25, -0.2) is 4.57 Å². The minimum absolute atomic E-state index is 0.0980. The van der Waals surface area contributed by atoms with E-state index in [1.807, 2.05) is 0 Å². The van der Waals surface area contributed by atoms with Gasteiger partial charge < -0.3 is 20.1 Å². The van der Waals surface area contributed by atoms with E-state index in [4.69, 9.17) is 24.3 Å². The minimum atomic E-state index is -4.29. The normalized spacial score (nSPS) is 13.7. The van der Waals surface area contributed by atoms with Crippen LogP contribution in [-0.4, -0.2) is 49.9 Å². The number of hydrogen-bond donors (Lipinski definition) is 2. The van der Waals surface area contributed by atoms with Crippen LogP contribution in [0.4, 0.5) is 0 Å². The summed E-state index contributed by atoms with van der Waals surface area (Å²) in [4.78, 5) is 22.6. The van der Waals surface area contributed by atoms with Crippen molar-refractivity contribution in [1.82, 2.24) is 0 Å². The lowest BCUT2D eigenvalue weighted by molar-refractivity contribution is -0.154. The lowest BCUT2D eigenvalue weighted by Gasteiger charge is -2.20. The average Bonchev–Trinajstić information content (AvgIpc) is 3.25. The summed E-state index contributed by atoms with van der Waals surface area (Å²) in [6.45, 7) is 4.91. The summed E-state index contributed by atoms with van der Waals surface area (Å²) in [6, 6.07) is 0. The van der Waals surface area contributed by atoms with Crippen LogP contribution in [0.5, 0.6) is 0 Å². The Balaban J connectivity index is 3.94. The minimum Gasteiger partial charge on any atom is -0.457 e. The van der Waals surface area contributed by atoms with Crippen molar-refractivity contribution in [2.75, 3.05) is 33.0 Å². The molecule has 0 aliphatic rings. The lowest BCUT2D eigenvalue weighted by Crippen LogP contribution is -2.28. The summed E-state index contributed by atoms with van der Waals surface area (Å²) in [5, 5.41) is 0. The Morgan fingerprint density at radius 1 is 0.492 bits per heavy atom. The number of rotatable bonds is 49. The standard InChI is InChI=1S/C52H98NO7P/c1-3-5-7-9-11-13-15-17-19-21-23-24-25-26-27-28-30-32-34-36-38-40-42-44-47-57-49-51(50-59-61(55,56)58-48-46-53)60-52(54)45-43-41-39-37-35-33-31-29-22-20-18-16-14-12-10-8-6-4-2/h14-17,20-23,51H,3-13,18-19,24-50,53H2,1-2H3,(H,55,56)/b16-14-,17-15-,22-20-,23-21-. The highest BCUT2D eigenvalue weighted by molar-refractivity contribution is 7.47. The summed E-state index contributed by atoms with van der Waals surface area (Å²) >= 11 is 0. The molecule has 0 radical (unpaired) electrons. The fraction of sp³-hybridized carbons (Fsp3) is 0.827. The van der Waals surface area contributed by atoms with Gasteiger partial charge in [-0.1, -0.05) is 204 Å². The highest BCUT2D eigenvalue weighted by Gasteiger charge is 2.25. The Morgan fingerprint density at radius 2 is 0.869 bits per heavy atom. The molecule has 0 bridgehead atoms. The van der Waals surface area contributed by atoms with Crippen LogP contribution in [-0.2, 0) is 27.9 Å². The molecule has 0 rings (SSSR count). The van der Waals surface area contributed by atoms with Crippen molar-refractivity contribution in [1.29, 1.82) is 0 Å². The first kappa shape index (κ1) is 59.5. The van der Waals surface area contributed by atoms with Crippen LogP contribution in [0, 0.1) is 0 Å². The third-order valence-corrected chi connectivity index (χ3v) is 12.0. The van der Waals surface area contributed by atoms with Gasteiger partial charge in [0.2, 0.25) is 0 Å². The number of phosphoric ester groups is 1. The molecule has 0 saturated carbocycles. The molecule has 2 atom stereocenters. The predicted octanol–water partition coefficient (Wildman–Crippen LogP) is 15.9. The maximum Gasteiger partial charge on any atom is 0.472 e. The zero-order chi connectivity index (χ0) is 44.4. The van der Waals surface area contributed by atoms with Gasteiger partial charge in [-0.05, 0) is 77.0 Å². The van der Waals surface area contributed by atoms with Gasteiger partial charge in [-0.15, -0.1) is 0 Å². The van der Waals surface area contributed by atoms with Crippen molar-refractivity contribution < 1.29 is 32.8 Å². The second-order valence-electron chi connectivity index (χ2n) is 17.0. The summed E-state index contributed by atoms with van der Waals surface area (Å²) in [5.74, 6) is -0.337. The molecule has 0 aliphatic heterocycles. The molecule has 0 aliphatic carbocycles. The first-order valence-electron chi connectivity index (χ1n) is 25.6. The Labute approximate surface area is 377 Å². The lowest BCUT2D eigenvalue weighted by atomic mass is 10.0. The summed E-state index contributed by atoms with van der Waals surface area (Å²) in [5.41, 5.74) is 5.39. The molecule has 0 aromatic heterocycles. The van der Waals surface area contributed by atoms with Crippen LogP contribution in [0.15, 0.2) is 48.6 Å². The molecule has 0 aromatic rings. The zero-order valence-electron chi connectivity index (χ0n) is 39.9. The van der Waals surface area contributed by atoms with E-state index in [-0.39, 0.29) is 32.3 Å². The molecule has 0 fully saturated rings. The Kier molecular flexibility index (Phi) is 48.2. The van der Waals surface area contributed by atoms with Crippen LogP contribution >= 0.6 is 7.82 Å². The second-order valence-corrected chi connectivity index (χ2v) is 18.5. The van der Waals surface area contributed by atoms with E-state index >= 15 is 0 Å². The monoisotopic (exact) mass is 880 g/mol.